The third-order valence-electron chi connectivity index (χ3n) is 0.645. The Morgan fingerprint density at radius 1 is 1.83 bits per heavy atom. The van der Waals surface area contributed by atoms with Gasteiger partial charge in [0.2, 0.25) is 9.76 Å². The second-order valence-corrected chi connectivity index (χ2v) is 2.58. The Labute approximate surface area is 39.2 Å². The molecule has 0 aromatic carbocycles. The zero-order valence-electron chi connectivity index (χ0n) is 3.48. The second-order valence-electron chi connectivity index (χ2n) is 1.18. The van der Waals surface area contributed by atoms with E-state index in [2.05, 4.69) is 11.4 Å². The molecule has 6 heavy (non-hydrogen) atoms. The van der Waals surface area contributed by atoms with Crippen molar-refractivity contribution in [2.24, 2.45) is 4.99 Å². The first-order valence-corrected chi connectivity index (χ1v) is 3.61. The lowest BCUT2D eigenvalue weighted by Crippen LogP contribution is -2.03. The van der Waals surface area contributed by atoms with Gasteiger partial charge in [-0.3, -0.25) is 0 Å². The summed E-state index contributed by atoms with van der Waals surface area (Å²) in [6.45, 7) is 0.951. The first-order valence-electron chi connectivity index (χ1n) is 2.03. The van der Waals surface area contributed by atoms with Crippen molar-refractivity contribution in [1.82, 2.24) is 0 Å². The van der Waals surface area contributed by atoms with Crippen LogP contribution in [0.2, 0.25) is 6.04 Å². The quantitative estimate of drug-likeness (QED) is 0.373. The number of aliphatic imine (C=N–C) groups is 1. The molecule has 0 spiro atoms. The Balaban J connectivity index is 2.26. The zero-order valence-corrected chi connectivity index (χ0v) is 4.89. The highest BCUT2D eigenvalue weighted by atomic mass is 28.2. The van der Waals surface area contributed by atoms with E-state index in [0.29, 0.717) is 0 Å². The van der Waals surface area contributed by atoms with Gasteiger partial charge in [0.15, 0.2) is 0 Å². The van der Waals surface area contributed by atoms with Crippen LogP contribution in [0.15, 0.2) is 4.99 Å². The minimum Gasteiger partial charge on any atom is -0.533 e. The molecule has 0 N–H and O–H groups in total. The molecule has 1 heterocycles. The normalized spacial score (nSPS) is 24.0. The van der Waals surface area contributed by atoms with E-state index in [1.807, 2.05) is 0 Å². The number of hydrogen-bond acceptors (Lipinski definition) is 2. The smallest absolute Gasteiger partial charge is 0.257 e. The van der Waals surface area contributed by atoms with Crippen LogP contribution in [0.4, 0.5) is 0 Å². The zero-order chi connectivity index (χ0) is 4.24. The molecule has 0 fully saturated rings. The highest BCUT2D eigenvalue weighted by Gasteiger charge is 1.90. The van der Waals surface area contributed by atoms with E-state index in [-0.39, 0.29) is 9.76 Å². The molecule has 1 aliphatic heterocycles. The predicted molar refractivity (Wildman–Crippen MR) is 26.7 cm³/mol. The molecule has 0 atom stereocenters. The molecule has 0 saturated heterocycles. The van der Waals surface area contributed by atoms with Crippen molar-refractivity contribution in [2.45, 2.75) is 6.04 Å². The van der Waals surface area contributed by atoms with Crippen LogP contribution in [0.1, 0.15) is 0 Å². The summed E-state index contributed by atoms with van der Waals surface area (Å²) in [5.41, 5.74) is 0. The van der Waals surface area contributed by atoms with Crippen molar-refractivity contribution in [3.05, 3.63) is 0 Å². The van der Waals surface area contributed by atoms with E-state index < -0.39 is 0 Å². The average Bonchev–Trinajstić information content (AvgIpc) is 1.72. The van der Waals surface area contributed by atoms with Gasteiger partial charge in [0.25, 0.3) is 6.40 Å². The summed E-state index contributed by atoms with van der Waals surface area (Å²) in [4.78, 5) is 3.74. The van der Waals surface area contributed by atoms with Gasteiger partial charge in [0.1, 0.15) is 0 Å². The molecule has 0 aliphatic carbocycles. The topological polar surface area (TPSA) is 21.6 Å². The van der Waals surface area contributed by atoms with Gasteiger partial charge in [-0.1, -0.05) is 0 Å². The molecule has 1 aliphatic rings. The van der Waals surface area contributed by atoms with Gasteiger partial charge in [0.05, 0.1) is 0 Å². The van der Waals surface area contributed by atoms with E-state index >= 15 is 0 Å². The van der Waals surface area contributed by atoms with E-state index in [0.717, 1.165) is 6.54 Å². The SMILES string of the molecule is [C]1=NCC[SiH2]O1. The monoisotopic (exact) mass is 100 g/mol. The molecule has 3 heteroatoms. The molecule has 1 radical (unpaired) electrons. The molecular formula is C3H6NOSi. The molecule has 33 valence electrons. The Morgan fingerprint density at radius 2 is 2.83 bits per heavy atom. The standard InChI is InChI=1S/C3H6NOSi/c1-2-6-5-3-4-1/h1-2,6H2. The van der Waals surface area contributed by atoms with Crippen molar-refractivity contribution in [1.29, 1.82) is 0 Å². The van der Waals surface area contributed by atoms with Crippen molar-refractivity contribution in [3.63, 3.8) is 0 Å². The Hall–Kier alpha value is -0.313. The lowest BCUT2D eigenvalue weighted by Gasteiger charge is -1.99. The third kappa shape index (κ3) is 0.823. The van der Waals surface area contributed by atoms with Crippen molar-refractivity contribution in [2.75, 3.05) is 6.54 Å². The van der Waals surface area contributed by atoms with Crippen LogP contribution in [-0.4, -0.2) is 22.7 Å². The highest BCUT2D eigenvalue weighted by Crippen LogP contribution is 1.85. The first-order chi connectivity index (χ1) is 3.00. The minimum atomic E-state index is -0.196. The van der Waals surface area contributed by atoms with E-state index in [9.17, 15) is 0 Å². The molecule has 1 rings (SSSR count). The largest absolute Gasteiger partial charge is 0.533 e. The van der Waals surface area contributed by atoms with Gasteiger partial charge in [-0.25, -0.2) is 4.99 Å². The maximum absolute atomic E-state index is 4.79. The summed E-state index contributed by atoms with van der Waals surface area (Å²) in [7, 11) is -0.196. The van der Waals surface area contributed by atoms with Crippen molar-refractivity contribution in [3.8, 4) is 0 Å². The fourth-order valence-electron chi connectivity index (χ4n) is 0.353. The van der Waals surface area contributed by atoms with Gasteiger partial charge < -0.3 is 4.43 Å². The summed E-state index contributed by atoms with van der Waals surface area (Å²) < 4.78 is 4.79. The highest BCUT2D eigenvalue weighted by molar-refractivity contribution is 6.30. The van der Waals surface area contributed by atoms with Crippen LogP contribution in [0, 0.1) is 0 Å². The maximum Gasteiger partial charge on any atom is 0.257 e. The van der Waals surface area contributed by atoms with Gasteiger partial charge in [-0.15, -0.1) is 0 Å². The summed E-state index contributed by atoms with van der Waals surface area (Å²) in [5.74, 6) is 0. The summed E-state index contributed by atoms with van der Waals surface area (Å²) in [5, 5.41) is 0. The molecule has 2 nitrogen and oxygen atoms in total. The third-order valence-corrected chi connectivity index (χ3v) is 1.58. The Kier molecular flexibility index (Phi) is 1.27. The van der Waals surface area contributed by atoms with Crippen LogP contribution in [0.25, 0.3) is 0 Å². The van der Waals surface area contributed by atoms with Gasteiger partial charge in [0, 0.05) is 6.54 Å². The number of rotatable bonds is 0. The Morgan fingerprint density at radius 3 is 3.00 bits per heavy atom. The van der Waals surface area contributed by atoms with Crippen LogP contribution < -0.4 is 0 Å². The van der Waals surface area contributed by atoms with Crippen molar-refractivity contribution < 1.29 is 4.43 Å². The van der Waals surface area contributed by atoms with E-state index in [4.69, 9.17) is 4.43 Å². The lowest BCUT2D eigenvalue weighted by atomic mass is 10.8. The molecule has 0 saturated carbocycles. The predicted octanol–water partition coefficient (Wildman–Crippen LogP) is -0.576. The van der Waals surface area contributed by atoms with E-state index in [1.54, 1.807) is 0 Å². The van der Waals surface area contributed by atoms with Gasteiger partial charge >= 0.3 is 0 Å². The summed E-state index contributed by atoms with van der Waals surface area (Å²) >= 11 is 0. The second kappa shape index (κ2) is 1.97. The van der Waals surface area contributed by atoms with Crippen molar-refractivity contribution >= 4 is 16.2 Å². The molecule has 0 aromatic heterocycles. The fraction of sp³-hybridized carbons (Fsp3) is 0.667. The minimum absolute atomic E-state index is 0.196. The summed E-state index contributed by atoms with van der Waals surface area (Å²) in [6, 6.07) is 1.19. The number of hydrogen-bond donors (Lipinski definition) is 0. The fourth-order valence-corrected chi connectivity index (χ4v) is 0.967. The van der Waals surface area contributed by atoms with Crippen LogP contribution >= 0.6 is 0 Å². The van der Waals surface area contributed by atoms with Gasteiger partial charge in [-0.2, -0.15) is 0 Å². The average molecular weight is 100 g/mol. The molecule has 0 unspecified atom stereocenters. The maximum atomic E-state index is 4.79. The van der Waals surface area contributed by atoms with Gasteiger partial charge in [-0.05, 0) is 6.04 Å². The van der Waals surface area contributed by atoms with E-state index in [1.165, 1.54) is 6.04 Å². The molecule has 0 aromatic rings. The molecular weight excluding hydrogens is 94.1 g/mol. The molecule has 0 amide bonds. The molecule has 0 bridgehead atoms. The Bertz CT molecular complexity index is 55.8. The summed E-state index contributed by atoms with van der Waals surface area (Å²) in [6.07, 6.45) is 2.47. The first kappa shape index (κ1) is 3.86. The number of nitrogens with zero attached hydrogens (tertiary/aromatic N) is 1. The lowest BCUT2D eigenvalue weighted by molar-refractivity contribution is 0.594. The van der Waals surface area contributed by atoms with Crippen LogP contribution in [0.3, 0.4) is 0 Å². The van der Waals surface area contributed by atoms with Crippen LogP contribution in [-0.2, 0) is 4.43 Å². The van der Waals surface area contributed by atoms with Crippen LogP contribution in [0.5, 0.6) is 0 Å².